The molecule has 3 nitrogen and oxygen atoms in total. The quantitative estimate of drug-likeness (QED) is 0.705. The van der Waals surface area contributed by atoms with E-state index in [1.54, 1.807) is 0 Å². The van der Waals surface area contributed by atoms with Crippen molar-refractivity contribution < 1.29 is 8.78 Å². The van der Waals surface area contributed by atoms with E-state index in [1.807, 2.05) is 6.92 Å². The van der Waals surface area contributed by atoms with Crippen molar-refractivity contribution in [1.29, 1.82) is 0 Å². The molecule has 0 bridgehead atoms. The van der Waals surface area contributed by atoms with Crippen molar-refractivity contribution in [2.45, 2.75) is 46.5 Å². The summed E-state index contributed by atoms with van der Waals surface area (Å²) >= 11 is 0. The van der Waals surface area contributed by atoms with Crippen LogP contribution in [0.25, 0.3) is 0 Å². The molecule has 0 spiro atoms. The molecule has 0 fully saturated rings. The van der Waals surface area contributed by atoms with E-state index in [4.69, 9.17) is 0 Å². The van der Waals surface area contributed by atoms with Crippen molar-refractivity contribution in [2.75, 3.05) is 23.7 Å². The fourth-order valence-electron chi connectivity index (χ4n) is 2.07. The summed E-state index contributed by atoms with van der Waals surface area (Å²) in [5.74, 6) is -0.596. The van der Waals surface area contributed by atoms with E-state index in [0.29, 0.717) is 19.0 Å². The van der Waals surface area contributed by atoms with Gasteiger partial charge in [0.2, 0.25) is 0 Å². The molecule has 0 radical (unpaired) electrons. The molecule has 0 aromatic carbocycles. The van der Waals surface area contributed by atoms with Gasteiger partial charge in [-0.05, 0) is 19.3 Å². The zero-order chi connectivity index (χ0) is 15.0. The Bertz CT molecular complexity index is 410. The predicted molar refractivity (Wildman–Crippen MR) is 80.1 cm³/mol. The van der Waals surface area contributed by atoms with Crippen molar-refractivity contribution in [2.24, 2.45) is 5.92 Å². The summed E-state index contributed by atoms with van der Waals surface area (Å²) in [5.41, 5.74) is 0. The molecule has 0 amide bonds. The van der Waals surface area contributed by atoms with Crippen LogP contribution in [-0.2, 0) is 0 Å². The molecule has 2 N–H and O–H groups in total. The first-order chi connectivity index (χ1) is 9.62. The minimum absolute atomic E-state index is 0.0954. The third-order valence-corrected chi connectivity index (χ3v) is 3.38. The van der Waals surface area contributed by atoms with Gasteiger partial charge < -0.3 is 10.6 Å². The largest absolute Gasteiger partial charge is 0.368 e. The van der Waals surface area contributed by atoms with Crippen molar-refractivity contribution in [3.8, 4) is 0 Å². The Kier molecular flexibility index (Phi) is 7.26. The number of hydrogen-bond donors (Lipinski definition) is 2. The second-order valence-electron chi connectivity index (χ2n) is 4.98. The molecule has 1 heterocycles. The summed E-state index contributed by atoms with van der Waals surface area (Å²) in [4.78, 5) is 3.98. The van der Waals surface area contributed by atoms with Crippen molar-refractivity contribution in [3.63, 3.8) is 0 Å². The van der Waals surface area contributed by atoms with Gasteiger partial charge in [-0.25, -0.2) is 13.8 Å². The molecule has 1 aromatic heterocycles. The second-order valence-corrected chi connectivity index (χ2v) is 4.98. The summed E-state index contributed by atoms with van der Waals surface area (Å²) in [5, 5.41) is 5.79. The Balaban J connectivity index is 2.68. The normalized spacial score (nSPS) is 12.2. The average Bonchev–Trinajstić information content (AvgIpc) is 2.43. The predicted octanol–water partition coefficient (Wildman–Crippen LogP) is 4.42. The van der Waals surface area contributed by atoms with Gasteiger partial charge in [0.15, 0.2) is 23.3 Å². The molecule has 0 aliphatic heterocycles. The molecule has 1 atom stereocenters. The van der Waals surface area contributed by atoms with Crippen LogP contribution in [0.3, 0.4) is 0 Å². The molecular formula is C15H25F2N3. The van der Waals surface area contributed by atoms with Gasteiger partial charge in [-0.15, -0.1) is 0 Å². The average molecular weight is 285 g/mol. The summed E-state index contributed by atoms with van der Waals surface area (Å²) in [6, 6.07) is 0.875. The summed E-state index contributed by atoms with van der Waals surface area (Å²) in [6.45, 7) is 7.33. The van der Waals surface area contributed by atoms with Gasteiger partial charge in [0.1, 0.15) is 0 Å². The van der Waals surface area contributed by atoms with E-state index in [9.17, 15) is 8.78 Å². The van der Waals surface area contributed by atoms with Crippen LogP contribution >= 0.6 is 0 Å². The van der Waals surface area contributed by atoms with E-state index in [2.05, 4.69) is 29.5 Å². The van der Waals surface area contributed by atoms with E-state index >= 15 is 0 Å². The molecule has 0 aliphatic rings. The first kappa shape index (κ1) is 16.7. The van der Waals surface area contributed by atoms with E-state index < -0.39 is 11.6 Å². The highest BCUT2D eigenvalue weighted by atomic mass is 19.1. The van der Waals surface area contributed by atoms with Gasteiger partial charge >= 0.3 is 0 Å². The van der Waals surface area contributed by atoms with Crippen LogP contribution in [0.15, 0.2) is 6.07 Å². The van der Waals surface area contributed by atoms with Gasteiger partial charge in [0.25, 0.3) is 0 Å². The van der Waals surface area contributed by atoms with Crippen molar-refractivity contribution >= 4 is 11.6 Å². The number of rotatable bonds is 9. The van der Waals surface area contributed by atoms with Gasteiger partial charge in [-0.2, -0.15) is 0 Å². The van der Waals surface area contributed by atoms with Crippen LogP contribution in [0.1, 0.15) is 46.5 Å². The standard InChI is InChI=1S/C15H25F2N3/c1-4-7-8-11(5-2)10-19-15-13(17)9-12(16)14(20-15)18-6-3/h9,11H,4-8,10H2,1-3H3,(H2,18,19,20). The number of aromatic nitrogens is 1. The zero-order valence-electron chi connectivity index (χ0n) is 12.6. The third kappa shape index (κ3) is 4.94. The molecule has 0 saturated carbocycles. The second kappa shape index (κ2) is 8.72. The van der Waals surface area contributed by atoms with E-state index in [-0.39, 0.29) is 11.6 Å². The number of pyridine rings is 1. The van der Waals surface area contributed by atoms with Crippen LogP contribution in [0.4, 0.5) is 20.4 Å². The monoisotopic (exact) mass is 285 g/mol. The van der Waals surface area contributed by atoms with Crippen LogP contribution in [0.2, 0.25) is 0 Å². The lowest BCUT2D eigenvalue weighted by molar-refractivity contribution is 0.470. The Morgan fingerprint density at radius 1 is 1.10 bits per heavy atom. The minimum Gasteiger partial charge on any atom is -0.368 e. The summed E-state index contributed by atoms with van der Waals surface area (Å²) in [6.07, 6.45) is 4.48. The Hall–Kier alpha value is -1.39. The lowest BCUT2D eigenvalue weighted by Crippen LogP contribution is -2.16. The molecule has 5 heteroatoms. The van der Waals surface area contributed by atoms with Crippen molar-refractivity contribution in [1.82, 2.24) is 4.98 Å². The maximum Gasteiger partial charge on any atom is 0.168 e. The Labute approximate surface area is 120 Å². The van der Waals surface area contributed by atoms with Crippen LogP contribution in [0.5, 0.6) is 0 Å². The van der Waals surface area contributed by atoms with Crippen LogP contribution < -0.4 is 10.6 Å². The SMILES string of the molecule is CCCCC(CC)CNc1nc(NCC)c(F)cc1F. The first-order valence-corrected chi connectivity index (χ1v) is 7.46. The van der Waals surface area contributed by atoms with E-state index in [1.165, 1.54) is 6.42 Å². The number of nitrogens with one attached hydrogen (secondary N) is 2. The fourth-order valence-corrected chi connectivity index (χ4v) is 2.07. The topological polar surface area (TPSA) is 37.0 Å². The number of anilines is 2. The molecule has 20 heavy (non-hydrogen) atoms. The van der Waals surface area contributed by atoms with Gasteiger partial charge in [0.05, 0.1) is 0 Å². The zero-order valence-corrected chi connectivity index (χ0v) is 12.6. The Morgan fingerprint density at radius 2 is 1.75 bits per heavy atom. The smallest absolute Gasteiger partial charge is 0.168 e. The molecule has 0 saturated heterocycles. The summed E-state index contributed by atoms with van der Waals surface area (Å²) < 4.78 is 27.1. The minimum atomic E-state index is -0.659. The number of halogens is 2. The maximum atomic E-state index is 13.7. The van der Waals surface area contributed by atoms with Crippen LogP contribution in [0, 0.1) is 17.6 Å². The highest BCUT2D eigenvalue weighted by molar-refractivity contribution is 5.47. The highest BCUT2D eigenvalue weighted by Gasteiger charge is 2.13. The first-order valence-electron chi connectivity index (χ1n) is 7.46. The van der Waals surface area contributed by atoms with Gasteiger partial charge in [-0.3, -0.25) is 0 Å². The van der Waals surface area contributed by atoms with Gasteiger partial charge in [0, 0.05) is 19.2 Å². The highest BCUT2D eigenvalue weighted by Crippen LogP contribution is 2.20. The third-order valence-electron chi connectivity index (χ3n) is 3.38. The molecule has 1 unspecified atom stereocenters. The van der Waals surface area contributed by atoms with E-state index in [0.717, 1.165) is 25.3 Å². The summed E-state index contributed by atoms with van der Waals surface area (Å²) in [7, 11) is 0. The fraction of sp³-hybridized carbons (Fsp3) is 0.667. The van der Waals surface area contributed by atoms with Crippen LogP contribution in [-0.4, -0.2) is 18.1 Å². The molecule has 1 rings (SSSR count). The molecule has 1 aromatic rings. The Morgan fingerprint density at radius 3 is 2.30 bits per heavy atom. The molecule has 0 aliphatic carbocycles. The number of nitrogens with zero attached hydrogens (tertiary/aromatic N) is 1. The van der Waals surface area contributed by atoms with Gasteiger partial charge in [-0.1, -0.05) is 33.1 Å². The number of hydrogen-bond acceptors (Lipinski definition) is 3. The molecular weight excluding hydrogens is 260 g/mol. The lowest BCUT2D eigenvalue weighted by Gasteiger charge is -2.16. The maximum absolute atomic E-state index is 13.7. The number of unbranched alkanes of at least 4 members (excludes halogenated alkanes) is 1. The lowest BCUT2D eigenvalue weighted by atomic mass is 9.99. The van der Waals surface area contributed by atoms with Crippen molar-refractivity contribution in [3.05, 3.63) is 17.7 Å². The molecule has 114 valence electrons.